The first-order valence-electron chi connectivity index (χ1n) is 5.40. The van der Waals surface area contributed by atoms with E-state index in [-0.39, 0.29) is 231 Å². The minimum Gasteiger partial charge on any atom is -0.550 e. The van der Waals surface area contributed by atoms with Crippen LogP contribution in [0.4, 0.5) is 0 Å². The Morgan fingerprint density at radius 3 is 0.958 bits per heavy atom. The number of hydrogen-bond donors (Lipinski definition) is 2. The molecule has 0 rings (SSSR count). The molecule has 2 unspecified atom stereocenters. The molecule has 2 atom stereocenters. The van der Waals surface area contributed by atoms with Gasteiger partial charge < -0.3 is 51.1 Å². The summed E-state index contributed by atoms with van der Waals surface area (Å²) in [6.45, 7) is 0. The maximum Gasteiger partial charge on any atom is 1.00 e. The molecule has 0 aromatic rings. The summed E-state index contributed by atoms with van der Waals surface area (Å²) < 4.78 is 0. The van der Waals surface area contributed by atoms with Crippen molar-refractivity contribution in [3.63, 3.8) is 0 Å². The fourth-order valence-electron chi connectivity index (χ4n) is 0.782. The van der Waals surface area contributed by atoms with Crippen LogP contribution in [0, 0.1) is 0 Å². The van der Waals surface area contributed by atoms with Crippen LogP contribution in [-0.2, 0) is 19.2 Å². The Balaban J connectivity index is -0.0000000579. The fourth-order valence-corrected chi connectivity index (χ4v) is 0.782. The minimum absolute atomic E-state index is 0. The third-order valence-corrected chi connectivity index (χ3v) is 1.92. The molecule has 0 saturated heterocycles. The van der Waals surface area contributed by atoms with Crippen molar-refractivity contribution in [2.75, 3.05) is 0 Å². The van der Waals surface area contributed by atoms with Crippen molar-refractivity contribution in [1.29, 1.82) is 0 Å². The maximum atomic E-state index is 9.86. The summed E-state index contributed by atoms with van der Waals surface area (Å²) in [6.07, 6.45) is -1.00. The number of aliphatic carboxylic acids is 4. The number of carboxylic acid groups (broad SMARTS) is 4. The second-order valence-corrected chi connectivity index (χ2v) is 3.67. The van der Waals surface area contributed by atoms with Crippen LogP contribution in [0.15, 0.2) is 0 Å². The van der Waals surface area contributed by atoms with Gasteiger partial charge in [0, 0.05) is 24.0 Å². The van der Waals surface area contributed by atoms with Crippen LogP contribution in [0.2, 0.25) is 0 Å². The van der Waals surface area contributed by atoms with Crippen molar-refractivity contribution in [1.82, 2.24) is 0 Å². The second kappa shape index (κ2) is 27.3. The van der Waals surface area contributed by atoms with E-state index in [2.05, 4.69) is 0 Å². The van der Waals surface area contributed by atoms with Crippen LogP contribution >= 0.6 is 0 Å². The number of carbonyl (C=O) groups excluding carboxylic acids is 4. The van der Waals surface area contributed by atoms with Crippen LogP contribution in [0.25, 0.3) is 0 Å². The van der Waals surface area contributed by atoms with Gasteiger partial charge in [-0.1, -0.05) is 0 Å². The smallest absolute Gasteiger partial charge is 0.550 e. The van der Waals surface area contributed by atoms with E-state index in [0.29, 0.717) is 0 Å². The second-order valence-electron chi connectivity index (χ2n) is 3.67. The molecule has 0 radical (unpaired) electrons. The van der Waals surface area contributed by atoms with Gasteiger partial charge >= 0.3 is 206 Å². The van der Waals surface area contributed by atoms with Crippen molar-refractivity contribution in [2.45, 2.75) is 37.8 Å². The Bertz CT molecular complexity index is 339. The topological polar surface area (TPSA) is 213 Å². The molecule has 0 aromatic heterocycles. The van der Waals surface area contributed by atoms with E-state index in [4.69, 9.17) is 11.5 Å². The predicted molar refractivity (Wildman–Crippen MR) is 54.4 cm³/mol. The average molecular weight is 447 g/mol. The molecule has 0 fully saturated rings. The van der Waals surface area contributed by atoms with Crippen molar-refractivity contribution < 1.29 is 245 Å². The molecule has 0 aliphatic carbocycles. The predicted octanol–water partition coefficient (Wildman–Crippen LogP) is -18.8. The van der Waals surface area contributed by atoms with Gasteiger partial charge in [0.05, 0.1) is 11.9 Å². The Kier molecular flexibility index (Phi) is 48.4. The largest absolute Gasteiger partial charge is 1.00 e. The van der Waals surface area contributed by atoms with Gasteiger partial charge in [0.1, 0.15) is 0 Å². The van der Waals surface area contributed by atoms with Crippen LogP contribution in [0.5, 0.6) is 0 Å². The standard InChI is InChI=1S/2C5H9NO4.4K/c2*6-3(5(9)10)1-2-4(7)8;;;;/h2*3H,1-2,6H2,(H,7,8)(H,9,10);;;;/q;;4*+1/p-4. The molecule has 14 heteroatoms. The van der Waals surface area contributed by atoms with Crippen molar-refractivity contribution in [2.24, 2.45) is 11.5 Å². The maximum absolute atomic E-state index is 9.86. The van der Waals surface area contributed by atoms with Crippen molar-refractivity contribution in [3.8, 4) is 0 Å². The van der Waals surface area contributed by atoms with Crippen LogP contribution in [0.1, 0.15) is 25.7 Å². The summed E-state index contributed by atoms with van der Waals surface area (Å²) in [6, 6.07) is -2.42. The van der Waals surface area contributed by atoms with E-state index in [1.54, 1.807) is 0 Å². The third kappa shape index (κ3) is 33.9. The van der Waals surface area contributed by atoms with Gasteiger partial charge in [-0.3, -0.25) is 0 Å². The van der Waals surface area contributed by atoms with Crippen LogP contribution in [0.3, 0.4) is 0 Å². The van der Waals surface area contributed by atoms with E-state index in [1.807, 2.05) is 0 Å². The first-order chi connectivity index (χ1) is 9.07. The van der Waals surface area contributed by atoms with E-state index in [9.17, 15) is 39.6 Å². The normalized spacial score (nSPS) is 10.4. The third-order valence-electron chi connectivity index (χ3n) is 1.92. The molecular formula is C10H14K4N2O8. The fraction of sp³-hybridized carbons (Fsp3) is 0.600. The number of hydrogen-bond acceptors (Lipinski definition) is 10. The van der Waals surface area contributed by atoms with Crippen LogP contribution in [-0.4, -0.2) is 36.0 Å². The average Bonchev–Trinajstić information content (AvgIpc) is 2.33. The van der Waals surface area contributed by atoms with E-state index in [1.165, 1.54) is 0 Å². The summed E-state index contributed by atoms with van der Waals surface area (Å²) in [7, 11) is 0. The first kappa shape index (κ1) is 42.4. The Hall–Kier alpha value is 4.35. The van der Waals surface area contributed by atoms with Gasteiger partial charge in [0.15, 0.2) is 0 Å². The SMILES string of the molecule is NC(CCC(=O)[O-])C(=O)[O-].NC(CCC(=O)[O-])C(=O)[O-].[K+].[K+].[K+].[K+]. The molecule has 4 N–H and O–H groups in total. The molecule has 0 aliphatic rings. The molecule has 0 bridgehead atoms. The summed E-state index contributed by atoms with van der Waals surface area (Å²) in [5, 5.41) is 39.2. The monoisotopic (exact) mass is 446 g/mol. The Morgan fingerprint density at radius 2 is 0.833 bits per heavy atom. The number of rotatable bonds is 8. The number of carboxylic acids is 4. The zero-order chi connectivity index (χ0) is 16.3. The molecular weight excluding hydrogens is 433 g/mol. The van der Waals surface area contributed by atoms with Gasteiger partial charge in [-0.05, 0) is 25.7 Å². The molecule has 0 aromatic carbocycles. The zero-order valence-electron chi connectivity index (χ0n) is 14.4. The van der Waals surface area contributed by atoms with Gasteiger partial charge in [-0.2, -0.15) is 0 Å². The molecule has 0 amide bonds. The van der Waals surface area contributed by atoms with E-state index < -0.39 is 36.0 Å². The first-order valence-corrected chi connectivity index (χ1v) is 5.40. The van der Waals surface area contributed by atoms with Gasteiger partial charge in [0.25, 0.3) is 0 Å². The van der Waals surface area contributed by atoms with Gasteiger partial charge in [-0.15, -0.1) is 0 Å². The molecule has 10 nitrogen and oxygen atoms in total. The molecule has 24 heavy (non-hydrogen) atoms. The van der Waals surface area contributed by atoms with E-state index >= 15 is 0 Å². The van der Waals surface area contributed by atoms with Gasteiger partial charge in [0.2, 0.25) is 0 Å². The summed E-state index contributed by atoms with van der Waals surface area (Å²) in [4.78, 5) is 39.2. The van der Waals surface area contributed by atoms with E-state index in [0.717, 1.165) is 0 Å². The van der Waals surface area contributed by atoms with Gasteiger partial charge in [-0.25, -0.2) is 0 Å². The van der Waals surface area contributed by atoms with Crippen molar-refractivity contribution >= 4 is 23.9 Å². The summed E-state index contributed by atoms with van der Waals surface area (Å²) in [5.41, 5.74) is 9.82. The molecule has 0 heterocycles. The Labute approximate surface area is 309 Å². The number of nitrogens with two attached hydrogens (primary N) is 2. The summed E-state index contributed by atoms with van der Waals surface area (Å²) >= 11 is 0. The minimum atomic E-state index is -1.44. The molecule has 116 valence electrons. The Morgan fingerprint density at radius 1 is 0.625 bits per heavy atom. The van der Waals surface area contributed by atoms with Crippen molar-refractivity contribution in [3.05, 3.63) is 0 Å². The molecule has 0 spiro atoms. The quantitative estimate of drug-likeness (QED) is 0.336. The van der Waals surface area contributed by atoms with Crippen LogP contribution < -0.4 is 237 Å². The summed E-state index contributed by atoms with van der Waals surface area (Å²) in [5.74, 6) is -5.50. The molecule has 0 saturated carbocycles. The molecule has 0 aliphatic heterocycles. The number of carbonyl (C=O) groups is 4. The zero-order valence-corrected chi connectivity index (χ0v) is 26.9.